The topological polar surface area (TPSA) is 224 Å². The van der Waals surface area contributed by atoms with Crippen molar-refractivity contribution < 1.29 is 43.6 Å². The van der Waals surface area contributed by atoms with Crippen molar-refractivity contribution in [1.29, 1.82) is 0 Å². The lowest BCUT2D eigenvalue weighted by atomic mass is 10.2. The molecule has 0 rings (SSSR count). The van der Waals surface area contributed by atoms with Crippen molar-refractivity contribution in [3.05, 3.63) is 0 Å². The lowest BCUT2D eigenvalue weighted by molar-refractivity contribution is -0.164. The third kappa shape index (κ3) is 19.0. The molecule has 0 bridgehead atoms. The van der Waals surface area contributed by atoms with Gasteiger partial charge in [-0.1, -0.05) is 4.57 Å². The SMILES string of the molecule is NC(CCCP(=O)(O)O)C(=O)O.NC(CCC[P+](=O)[O-])C(=O)O. The monoisotopic (exact) mass is 376 g/mol. The maximum absolute atomic E-state index is 10.3. The summed E-state index contributed by atoms with van der Waals surface area (Å²) in [6, 6.07) is -1.97. The Labute approximate surface area is 133 Å². The molecule has 0 fully saturated rings. The minimum absolute atomic E-state index is 0.0102. The van der Waals surface area contributed by atoms with E-state index in [1.54, 1.807) is 0 Å². The largest absolute Gasteiger partial charge is 0.596 e. The van der Waals surface area contributed by atoms with Gasteiger partial charge in [-0.3, -0.25) is 14.2 Å². The zero-order valence-electron chi connectivity index (χ0n) is 12.3. The molecule has 23 heavy (non-hydrogen) atoms. The summed E-state index contributed by atoms with van der Waals surface area (Å²) >= 11 is 0. The Morgan fingerprint density at radius 2 is 1.43 bits per heavy atom. The first kappa shape index (κ1) is 24.3. The van der Waals surface area contributed by atoms with Crippen LogP contribution in [0.15, 0.2) is 0 Å². The van der Waals surface area contributed by atoms with Gasteiger partial charge in [0.1, 0.15) is 18.2 Å². The van der Waals surface area contributed by atoms with E-state index in [4.69, 9.17) is 31.5 Å². The fraction of sp³-hybridized carbons (Fsp3) is 0.800. The third-order valence-corrected chi connectivity index (χ3v) is 4.03. The summed E-state index contributed by atoms with van der Waals surface area (Å²) in [6.07, 6.45) is 0.424. The summed E-state index contributed by atoms with van der Waals surface area (Å²) in [6.45, 7) is 0. The van der Waals surface area contributed by atoms with E-state index in [1.807, 2.05) is 0 Å². The van der Waals surface area contributed by atoms with Crippen LogP contribution in [0.3, 0.4) is 0 Å². The second-order valence-electron chi connectivity index (χ2n) is 4.62. The molecule has 0 aromatic rings. The smallest absolute Gasteiger partial charge is 0.325 e. The third-order valence-electron chi connectivity index (χ3n) is 2.45. The Morgan fingerprint density at radius 1 is 1.04 bits per heavy atom. The van der Waals surface area contributed by atoms with Gasteiger partial charge in [0.15, 0.2) is 0 Å². The molecule has 0 amide bonds. The van der Waals surface area contributed by atoms with Crippen LogP contribution in [0.2, 0.25) is 0 Å². The molecule has 0 aliphatic heterocycles. The summed E-state index contributed by atoms with van der Waals surface area (Å²) in [5.74, 6) is -2.24. The van der Waals surface area contributed by atoms with Crippen LogP contribution < -0.4 is 16.4 Å². The minimum atomic E-state index is -4.00. The number of hydrogen-bond acceptors (Lipinski definition) is 7. The zero-order chi connectivity index (χ0) is 18.6. The van der Waals surface area contributed by atoms with E-state index in [-0.39, 0.29) is 31.6 Å². The first-order valence-corrected chi connectivity index (χ1v) is 9.66. The highest BCUT2D eigenvalue weighted by atomic mass is 31.2. The van der Waals surface area contributed by atoms with Crippen LogP contribution in [0.1, 0.15) is 25.7 Å². The van der Waals surface area contributed by atoms with Gasteiger partial charge in [0, 0.05) is 6.16 Å². The Kier molecular flexibility index (Phi) is 13.2. The molecule has 0 spiro atoms. The first-order valence-electron chi connectivity index (χ1n) is 6.50. The van der Waals surface area contributed by atoms with Crippen molar-refractivity contribution >= 4 is 27.6 Å². The zero-order valence-corrected chi connectivity index (χ0v) is 14.1. The number of carboxylic acid groups (broad SMARTS) is 2. The molecule has 0 aromatic carbocycles. The Balaban J connectivity index is 0. The molecule has 13 heteroatoms. The van der Waals surface area contributed by atoms with E-state index in [2.05, 4.69) is 0 Å². The number of carbonyl (C=O) groups is 2. The number of rotatable bonds is 10. The fourth-order valence-electron chi connectivity index (χ4n) is 1.20. The van der Waals surface area contributed by atoms with Gasteiger partial charge in [-0.05, 0) is 25.7 Å². The molecule has 3 unspecified atom stereocenters. The van der Waals surface area contributed by atoms with Crippen molar-refractivity contribution in [2.75, 3.05) is 12.3 Å². The molecular formula is C10H22N2O9P2. The molecule has 0 heterocycles. The van der Waals surface area contributed by atoms with Gasteiger partial charge in [-0.15, -0.1) is 0 Å². The summed E-state index contributed by atoms with van der Waals surface area (Å²) in [4.78, 5) is 47.0. The molecule has 0 saturated carbocycles. The highest BCUT2D eigenvalue weighted by molar-refractivity contribution is 7.51. The number of nitrogens with two attached hydrogens (primary N) is 2. The maximum Gasteiger partial charge on any atom is 0.325 e. The minimum Gasteiger partial charge on any atom is -0.596 e. The molecule has 11 nitrogen and oxygen atoms in total. The van der Waals surface area contributed by atoms with Crippen LogP contribution in [0.5, 0.6) is 0 Å². The lowest BCUT2D eigenvalue weighted by Gasteiger charge is -2.06. The van der Waals surface area contributed by atoms with Crippen molar-refractivity contribution in [2.24, 2.45) is 11.5 Å². The van der Waals surface area contributed by atoms with Crippen LogP contribution >= 0.6 is 15.6 Å². The highest BCUT2D eigenvalue weighted by Crippen LogP contribution is 2.35. The summed E-state index contributed by atoms with van der Waals surface area (Å²) in [7, 11) is -6.40. The van der Waals surface area contributed by atoms with Crippen molar-refractivity contribution in [3.8, 4) is 0 Å². The van der Waals surface area contributed by atoms with Gasteiger partial charge in [0.05, 0.1) is 0 Å². The number of hydrogen-bond donors (Lipinski definition) is 6. The molecule has 0 radical (unpaired) electrons. The van der Waals surface area contributed by atoms with Crippen LogP contribution in [0.25, 0.3) is 0 Å². The van der Waals surface area contributed by atoms with Crippen LogP contribution in [0.4, 0.5) is 0 Å². The lowest BCUT2D eigenvalue weighted by Crippen LogP contribution is -2.29. The second-order valence-corrected chi connectivity index (χ2v) is 7.51. The first-order chi connectivity index (χ1) is 10.4. The van der Waals surface area contributed by atoms with Gasteiger partial charge in [-0.2, -0.15) is 0 Å². The van der Waals surface area contributed by atoms with Crippen molar-refractivity contribution in [3.63, 3.8) is 0 Å². The molecule has 0 aliphatic carbocycles. The van der Waals surface area contributed by atoms with E-state index in [0.717, 1.165) is 0 Å². The molecule has 136 valence electrons. The normalized spacial score (nSPS) is 14.2. The van der Waals surface area contributed by atoms with Gasteiger partial charge >= 0.3 is 27.6 Å². The predicted molar refractivity (Wildman–Crippen MR) is 79.1 cm³/mol. The van der Waals surface area contributed by atoms with E-state index in [9.17, 15) is 23.6 Å². The Morgan fingerprint density at radius 3 is 1.74 bits per heavy atom. The quantitative estimate of drug-likeness (QED) is 0.244. The van der Waals surface area contributed by atoms with E-state index in [0.29, 0.717) is 6.42 Å². The van der Waals surface area contributed by atoms with Crippen LogP contribution in [0, 0.1) is 0 Å². The molecular weight excluding hydrogens is 354 g/mol. The van der Waals surface area contributed by atoms with Gasteiger partial charge < -0.3 is 36.4 Å². The van der Waals surface area contributed by atoms with Crippen LogP contribution in [-0.4, -0.2) is 56.3 Å². The number of carboxylic acids is 2. The molecule has 0 aromatic heterocycles. The standard InChI is InChI=1S/C5H12NO5P.C5H10NO4P/c6-4(5(7)8)2-1-3-12(9,10)11;6-4(5(7)8)2-1-3-11(9)10/h4H,1-3,6H2,(H,7,8)(H2,9,10,11);4H,1-3,6H2,(H,7,8). The van der Waals surface area contributed by atoms with Gasteiger partial charge in [0.25, 0.3) is 0 Å². The Bertz CT molecular complexity index is 440. The maximum atomic E-state index is 10.3. The average molecular weight is 376 g/mol. The predicted octanol–water partition coefficient (Wildman–Crippen LogP) is -1.36. The Hall–Kier alpha value is -0.930. The fourth-order valence-corrected chi connectivity index (χ4v) is 2.24. The summed E-state index contributed by atoms with van der Waals surface area (Å²) < 4.78 is 20.3. The van der Waals surface area contributed by atoms with Crippen LogP contribution in [-0.2, 0) is 18.7 Å². The van der Waals surface area contributed by atoms with E-state index < -0.39 is 39.6 Å². The molecule has 0 aliphatic rings. The average Bonchev–Trinajstić information content (AvgIpc) is 2.36. The summed E-state index contributed by atoms with van der Waals surface area (Å²) in [5, 5.41) is 16.6. The van der Waals surface area contributed by atoms with E-state index >= 15 is 0 Å². The van der Waals surface area contributed by atoms with Crippen molar-refractivity contribution in [2.45, 2.75) is 37.8 Å². The number of aliphatic carboxylic acids is 2. The van der Waals surface area contributed by atoms with Gasteiger partial charge in [0.2, 0.25) is 0 Å². The molecule has 8 N–H and O–H groups in total. The molecule has 0 saturated heterocycles. The highest BCUT2D eigenvalue weighted by Gasteiger charge is 2.16. The van der Waals surface area contributed by atoms with Gasteiger partial charge in [-0.25, -0.2) is 0 Å². The summed E-state index contributed by atoms with van der Waals surface area (Å²) in [5.41, 5.74) is 10.2. The van der Waals surface area contributed by atoms with Crippen molar-refractivity contribution in [1.82, 2.24) is 0 Å². The van der Waals surface area contributed by atoms with E-state index in [1.165, 1.54) is 0 Å². The molecule has 3 atom stereocenters. The second kappa shape index (κ2) is 12.5.